The molecule has 0 aromatic heterocycles. The van der Waals surface area contributed by atoms with E-state index in [1.807, 2.05) is 6.07 Å². The molecule has 1 atom stereocenters. The van der Waals surface area contributed by atoms with E-state index in [0.717, 1.165) is 5.75 Å². The van der Waals surface area contributed by atoms with Crippen LogP contribution in [0, 0.1) is 0 Å². The van der Waals surface area contributed by atoms with E-state index < -0.39 is 6.94 Å². The van der Waals surface area contributed by atoms with Crippen LogP contribution in [0.25, 0.3) is 0 Å². The highest BCUT2D eigenvalue weighted by Gasteiger charge is 2.32. The molecule has 0 aliphatic heterocycles. The van der Waals surface area contributed by atoms with Crippen molar-refractivity contribution >= 4 is 22.2 Å². The molecule has 0 saturated carbocycles. The maximum atomic E-state index is 6.39. The predicted octanol–water partition coefficient (Wildman–Crippen LogP) is 7.06. The lowest BCUT2D eigenvalue weighted by Crippen LogP contribution is -2.34. The molecule has 1 rings (SSSR count). The molecule has 1 nitrogen and oxygen atoms in total. The topological polar surface area (TPSA) is 9.23 Å². The Morgan fingerprint density at radius 1 is 0.810 bits per heavy atom. The highest BCUT2D eigenvalue weighted by molar-refractivity contribution is 9.25. The molecule has 0 fully saturated rings. The van der Waals surface area contributed by atoms with Crippen LogP contribution in [0.5, 0.6) is 5.75 Å². The molecular weight excluding hydrogens is 340 g/mol. The molecule has 3 heteroatoms. The first-order valence-corrected chi connectivity index (χ1v) is 13.2. The van der Waals surface area contributed by atoms with Gasteiger partial charge in [0.05, 0.1) is 0 Å². The Morgan fingerprint density at radius 3 is 2.05 bits per heavy atom. The SMILES string of the molecule is CCCCCCCC[Si](Br)(CCCC)Oc1ccccc1. The molecule has 120 valence electrons. The molecule has 0 saturated heterocycles. The summed E-state index contributed by atoms with van der Waals surface area (Å²) >= 11 is 4.02. The Balaban J connectivity index is 2.41. The fourth-order valence-corrected chi connectivity index (χ4v) is 7.45. The summed E-state index contributed by atoms with van der Waals surface area (Å²) in [4.78, 5) is 0. The summed E-state index contributed by atoms with van der Waals surface area (Å²) in [6.07, 6.45) is 10.6. The monoisotopic (exact) mass is 370 g/mol. The molecule has 0 bridgehead atoms. The number of rotatable bonds is 12. The summed E-state index contributed by atoms with van der Waals surface area (Å²) in [6.45, 7) is 2.76. The summed E-state index contributed by atoms with van der Waals surface area (Å²) in [7, 11) is 0. The maximum absolute atomic E-state index is 6.39. The molecule has 21 heavy (non-hydrogen) atoms. The van der Waals surface area contributed by atoms with E-state index in [4.69, 9.17) is 4.43 Å². The minimum absolute atomic E-state index is 1.03. The van der Waals surface area contributed by atoms with E-state index in [0.29, 0.717) is 0 Å². The largest absolute Gasteiger partial charge is 0.533 e. The van der Waals surface area contributed by atoms with Gasteiger partial charge in [0.2, 0.25) is 0 Å². The molecule has 0 amide bonds. The van der Waals surface area contributed by atoms with Gasteiger partial charge in [-0.05, 0) is 24.2 Å². The van der Waals surface area contributed by atoms with Gasteiger partial charge in [0, 0.05) is 0 Å². The number of hydrogen-bond donors (Lipinski definition) is 0. The second kappa shape index (κ2) is 11.3. The van der Waals surface area contributed by atoms with E-state index in [9.17, 15) is 0 Å². The molecular formula is C18H31BrOSi. The summed E-state index contributed by atoms with van der Waals surface area (Å²) in [5.74, 6) is 1.03. The van der Waals surface area contributed by atoms with Crippen molar-refractivity contribution in [2.45, 2.75) is 77.3 Å². The van der Waals surface area contributed by atoms with Crippen LogP contribution in [0.1, 0.15) is 65.2 Å². The molecule has 0 heterocycles. The van der Waals surface area contributed by atoms with Gasteiger partial charge in [-0.2, -0.15) is 0 Å². The van der Waals surface area contributed by atoms with Crippen molar-refractivity contribution in [3.63, 3.8) is 0 Å². The van der Waals surface area contributed by atoms with Crippen molar-refractivity contribution in [1.29, 1.82) is 0 Å². The van der Waals surface area contributed by atoms with Crippen LogP contribution in [-0.2, 0) is 0 Å². The Kier molecular flexibility index (Phi) is 10.1. The van der Waals surface area contributed by atoms with Crippen molar-refractivity contribution in [1.82, 2.24) is 0 Å². The smallest absolute Gasteiger partial charge is 0.321 e. The first kappa shape index (κ1) is 18.8. The van der Waals surface area contributed by atoms with Crippen LogP contribution in [0.15, 0.2) is 30.3 Å². The van der Waals surface area contributed by atoms with Crippen LogP contribution >= 0.6 is 15.3 Å². The minimum Gasteiger partial charge on any atom is -0.533 e. The van der Waals surface area contributed by atoms with Crippen LogP contribution in [0.2, 0.25) is 12.1 Å². The van der Waals surface area contributed by atoms with Gasteiger partial charge in [0.1, 0.15) is 5.75 Å². The number of hydrogen-bond acceptors (Lipinski definition) is 1. The third-order valence-electron chi connectivity index (χ3n) is 3.85. The molecule has 1 aromatic carbocycles. The summed E-state index contributed by atoms with van der Waals surface area (Å²) in [5.41, 5.74) is 0. The van der Waals surface area contributed by atoms with Crippen LogP contribution in [-0.4, -0.2) is 6.94 Å². The van der Waals surface area contributed by atoms with E-state index in [1.165, 1.54) is 63.5 Å². The third kappa shape index (κ3) is 8.67. The number of benzene rings is 1. The van der Waals surface area contributed by atoms with Crippen molar-refractivity contribution < 1.29 is 4.43 Å². The number of halogens is 1. The second-order valence-corrected chi connectivity index (χ2v) is 13.2. The average Bonchev–Trinajstić information content (AvgIpc) is 2.50. The standard InChI is InChI=1S/C18H31BrOSi/c1-3-5-7-8-9-13-17-21(19,16-6-4-2)20-18-14-11-10-12-15-18/h10-12,14-15H,3-9,13,16-17H2,1-2H3. The third-order valence-corrected chi connectivity index (χ3v) is 9.52. The zero-order chi connectivity index (χ0) is 15.4. The predicted molar refractivity (Wildman–Crippen MR) is 99.6 cm³/mol. The summed E-state index contributed by atoms with van der Waals surface area (Å²) < 4.78 is 6.39. The van der Waals surface area contributed by atoms with Crippen LogP contribution in [0.4, 0.5) is 0 Å². The highest BCUT2D eigenvalue weighted by Crippen LogP contribution is 2.31. The van der Waals surface area contributed by atoms with Gasteiger partial charge < -0.3 is 4.43 Å². The molecule has 0 radical (unpaired) electrons. The van der Waals surface area contributed by atoms with Crippen molar-refractivity contribution in [2.24, 2.45) is 0 Å². The first-order chi connectivity index (χ1) is 10.2. The molecule has 0 N–H and O–H groups in total. The van der Waals surface area contributed by atoms with Gasteiger partial charge in [0.15, 0.2) is 0 Å². The van der Waals surface area contributed by atoms with Crippen LogP contribution in [0.3, 0.4) is 0 Å². The first-order valence-electron chi connectivity index (χ1n) is 8.63. The lowest BCUT2D eigenvalue weighted by atomic mass is 10.1. The van der Waals surface area contributed by atoms with Crippen molar-refractivity contribution in [3.05, 3.63) is 30.3 Å². The second-order valence-electron chi connectivity index (χ2n) is 5.92. The fourth-order valence-electron chi connectivity index (χ4n) is 2.54. The number of unbranched alkanes of at least 4 members (excludes halogenated alkanes) is 6. The quantitative estimate of drug-likeness (QED) is 0.217. The molecule has 0 aliphatic rings. The van der Waals surface area contributed by atoms with E-state index in [1.54, 1.807) is 0 Å². The lowest BCUT2D eigenvalue weighted by molar-refractivity contribution is 0.540. The van der Waals surface area contributed by atoms with Gasteiger partial charge in [-0.25, -0.2) is 0 Å². The van der Waals surface area contributed by atoms with Gasteiger partial charge in [-0.3, -0.25) is 0 Å². The molecule has 0 spiro atoms. The van der Waals surface area contributed by atoms with Gasteiger partial charge in [-0.1, -0.05) is 98.7 Å². The van der Waals surface area contributed by atoms with E-state index >= 15 is 0 Å². The van der Waals surface area contributed by atoms with Crippen molar-refractivity contribution in [3.8, 4) is 5.75 Å². The van der Waals surface area contributed by atoms with Crippen molar-refractivity contribution in [2.75, 3.05) is 0 Å². The lowest BCUT2D eigenvalue weighted by Gasteiger charge is -2.26. The zero-order valence-electron chi connectivity index (χ0n) is 13.7. The van der Waals surface area contributed by atoms with Gasteiger partial charge >= 0.3 is 6.94 Å². The Hall–Kier alpha value is -0.283. The van der Waals surface area contributed by atoms with E-state index in [2.05, 4.69) is 53.4 Å². The Bertz CT molecular complexity index is 357. The fraction of sp³-hybridized carbons (Fsp3) is 0.667. The summed E-state index contributed by atoms with van der Waals surface area (Å²) in [6, 6.07) is 12.8. The average molecular weight is 371 g/mol. The Labute approximate surface area is 140 Å². The van der Waals surface area contributed by atoms with Gasteiger partial charge in [-0.15, -0.1) is 0 Å². The molecule has 1 unspecified atom stereocenters. The van der Waals surface area contributed by atoms with E-state index in [-0.39, 0.29) is 0 Å². The molecule has 0 aliphatic carbocycles. The zero-order valence-corrected chi connectivity index (χ0v) is 16.3. The molecule has 1 aromatic rings. The van der Waals surface area contributed by atoms with Gasteiger partial charge in [0.25, 0.3) is 0 Å². The maximum Gasteiger partial charge on any atom is 0.321 e. The highest BCUT2D eigenvalue weighted by atomic mass is 79.9. The van der Waals surface area contributed by atoms with Crippen LogP contribution < -0.4 is 4.43 Å². The number of para-hydroxylation sites is 1. The normalized spacial score (nSPS) is 13.9. The Morgan fingerprint density at radius 2 is 1.38 bits per heavy atom. The minimum atomic E-state index is -1.77. The summed E-state index contributed by atoms with van der Waals surface area (Å²) in [5, 5.41) is 0.